The number of primary amides is 1. The van der Waals surface area contributed by atoms with Gasteiger partial charge in [0.25, 0.3) is 0 Å². The van der Waals surface area contributed by atoms with Crippen LogP contribution in [-0.4, -0.2) is 78.6 Å². The molecule has 1 aliphatic heterocycles. The minimum absolute atomic E-state index is 0.115. The lowest BCUT2D eigenvalue weighted by molar-refractivity contribution is -0.139. The molecule has 0 spiro atoms. The molecule has 1 fully saturated rings. The van der Waals surface area contributed by atoms with Gasteiger partial charge in [0.05, 0.1) is 6.04 Å². The molecular weight excluding hydrogens is 540 g/mol. The van der Waals surface area contributed by atoms with E-state index >= 15 is 0 Å². The summed E-state index contributed by atoms with van der Waals surface area (Å²) in [7, 11) is 0. The number of urea groups is 1. The summed E-state index contributed by atoms with van der Waals surface area (Å²) in [4.78, 5) is 76.0. The van der Waals surface area contributed by atoms with Gasteiger partial charge in [0.2, 0.25) is 24.1 Å². The molecule has 3 rings (SSSR count). The topological polar surface area (TPSA) is 180 Å². The third kappa shape index (κ3) is 9.72. The van der Waals surface area contributed by atoms with Crippen molar-refractivity contribution in [2.75, 3.05) is 13.1 Å². The van der Waals surface area contributed by atoms with Crippen LogP contribution in [0.25, 0.3) is 0 Å². The molecule has 2 aromatic carbocycles. The number of nitrogens with zero attached hydrogens (tertiary/aromatic N) is 1. The number of amides is 6. The first-order valence-electron chi connectivity index (χ1n) is 14.0. The number of likely N-dealkylation sites (tertiary alicyclic amines) is 1. The number of aldehydes is 1. The Morgan fingerprint density at radius 1 is 0.857 bits per heavy atom. The van der Waals surface area contributed by atoms with Crippen molar-refractivity contribution >= 4 is 36.4 Å². The number of rotatable bonds is 16. The molecular formula is C30H38N6O6. The highest BCUT2D eigenvalue weighted by atomic mass is 16.2. The van der Waals surface area contributed by atoms with Gasteiger partial charge in [-0.3, -0.25) is 19.2 Å². The van der Waals surface area contributed by atoms with Crippen molar-refractivity contribution in [3.05, 3.63) is 71.8 Å². The van der Waals surface area contributed by atoms with Crippen LogP contribution in [0.3, 0.4) is 0 Å². The summed E-state index contributed by atoms with van der Waals surface area (Å²) >= 11 is 0. The van der Waals surface area contributed by atoms with Gasteiger partial charge in [0.15, 0.2) is 0 Å². The quantitative estimate of drug-likeness (QED) is 0.140. The Hall–Kier alpha value is -4.74. The maximum absolute atomic E-state index is 13.6. The number of nitrogens with one attached hydrogen (secondary N) is 4. The first-order chi connectivity index (χ1) is 20.3. The number of nitrogens with two attached hydrogens (primary N) is 1. The molecule has 1 aliphatic rings. The maximum atomic E-state index is 13.6. The second kappa shape index (κ2) is 16.5. The minimum Gasteiger partial charge on any atom is -0.352 e. The summed E-state index contributed by atoms with van der Waals surface area (Å²) in [5.41, 5.74) is 6.76. The van der Waals surface area contributed by atoms with Gasteiger partial charge in [-0.1, -0.05) is 60.7 Å². The molecule has 4 atom stereocenters. The van der Waals surface area contributed by atoms with Gasteiger partial charge in [0.1, 0.15) is 24.4 Å². The Kier molecular flexibility index (Phi) is 12.5. The van der Waals surface area contributed by atoms with E-state index in [0.29, 0.717) is 32.2 Å². The fourth-order valence-corrected chi connectivity index (χ4v) is 4.95. The molecule has 12 nitrogen and oxygen atoms in total. The van der Waals surface area contributed by atoms with Crippen molar-refractivity contribution in [3.63, 3.8) is 0 Å². The molecule has 0 unspecified atom stereocenters. The molecule has 1 saturated heterocycles. The molecule has 1 heterocycles. The van der Waals surface area contributed by atoms with Crippen molar-refractivity contribution in [2.24, 2.45) is 5.73 Å². The van der Waals surface area contributed by atoms with Crippen LogP contribution in [0, 0.1) is 0 Å². The Labute approximate surface area is 244 Å². The summed E-state index contributed by atoms with van der Waals surface area (Å²) < 4.78 is 0. The lowest BCUT2D eigenvalue weighted by Crippen LogP contribution is -2.57. The Morgan fingerprint density at radius 2 is 1.43 bits per heavy atom. The molecule has 2 aromatic rings. The van der Waals surface area contributed by atoms with E-state index in [0.717, 1.165) is 17.4 Å². The van der Waals surface area contributed by atoms with E-state index in [1.807, 2.05) is 60.7 Å². The Balaban J connectivity index is 1.80. The van der Waals surface area contributed by atoms with Gasteiger partial charge in [-0.05, 0) is 36.8 Å². The predicted octanol–water partition coefficient (Wildman–Crippen LogP) is 0.194. The molecule has 0 radical (unpaired) electrons. The van der Waals surface area contributed by atoms with Crippen molar-refractivity contribution in [1.29, 1.82) is 0 Å². The highest BCUT2D eigenvalue weighted by Gasteiger charge is 2.35. The SMILES string of the molecule is NC(=O)NCCC[C@H](NC(=O)[C@H](Cc1ccccc1)NC=O)C(=O)N[C@@H](Cc1ccccc1)C(=O)N1CCC[C@H]1C=O. The number of carbonyl (C=O) groups excluding carboxylic acids is 6. The van der Waals surface area contributed by atoms with E-state index in [-0.39, 0.29) is 31.7 Å². The fraction of sp³-hybridized carbons (Fsp3) is 0.400. The normalized spacial score (nSPS) is 16.4. The van der Waals surface area contributed by atoms with E-state index in [1.165, 1.54) is 4.90 Å². The average molecular weight is 579 g/mol. The van der Waals surface area contributed by atoms with Crippen LogP contribution in [0.2, 0.25) is 0 Å². The van der Waals surface area contributed by atoms with Crippen LogP contribution in [0.15, 0.2) is 60.7 Å². The average Bonchev–Trinajstić information content (AvgIpc) is 3.47. The van der Waals surface area contributed by atoms with Gasteiger partial charge in [-0.25, -0.2) is 4.79 Å². The van der Waals surface area contributed by atoms with Crippen molar-refractivity contribution in [3.8, 4) is 0 Å². The highest BCUT2D eigenvalue weighted by molar-refractivity contribution is 5.94. The zero-order valence-electron chi connectivity index (χ0n) is 23.4. The standard InChI is InChI=1S/C30H38N6O6/c31-30(42)32-15-7-14-24(34-28(40)25(33-20-38)17-21-9-3-1-4-10-21)27(39)35-26(18-22-11-5-2-6-12-22)29(41)36-16-8-13-23(36)19-37/h1-6,9-12,19-20,23-26H,7-8,13-18H2,(H,33,38)(H,34,40)(H,35,39)(H3,31,32,42)/t23-,24-,25-,26-/m0/s1. The van der Waals surface area contributed by atoms with Crippen molar-refractivity contribution < 1.29 is 28.8 Å². The van der Waals surface area contributed by atoms with Crippen LogP contribution in [0.4, 0.5) is 4.79 Å². The van der Waals surface area contributed by atoms with Gasteiger partial charge >= 0.3 is 6.03 Å². The summed E-state index contributed by atoms with van der Waals surface area (Å²) in [5, 5.41) is 10.5. The van der Waals surface area contributed by atoms with E-state index in [4.69, 9.17) is 5.73 Å². The maximum Gasteiger partial charge on any atom is 0.312 e. The molecule has 0 aromatic heterocycles. The highest BCUT2D eigenvalue weighted by Crippen LogP contribution is 2.18. The second-order valence-electron chi connectivity index (χ2n) is 10.1. The number of hydrogen-bond donors (Lipinski definition) is 5. The van der Waals surface area contributed by atoms with E-state index in [1.54, 1.807) is 0 Å². The Bertz CT molecular complexity index is 1210. The molecule has 0 bridgehead atoms. The van der Waals surface area contributed by atoms with Crippen molar-refractivity contribution in [2.45, 2.75) is 62.7 Å². The smallest absolute Gasteiger partial charge is 0.312 e. The number of benzene rings is 2. The van der Waals surface area contributed by atoms with Gasteiger partial charge in [0, 0.05) is 25.9 Å². The molecule has 6 N–H and O–H groups in total. The summed E-state index contributed by atoms with van der Waals surface area (Å²) in [6, 6.07) is 13.9. The molecule has 224 valence electrons. The monoisotopic (exact) mass is 578 g/mol. The minimum atomic E-state index is -1.09. The lowest BCUT2D eigenvalue weighted by atomic mass is 10.0. The zero-order chi connectivity index (χ0) is 30.3. The number of hydrogen-bond acceptors (Lipinski definition) is 6. The summed E-state index contributed by atoms with van der Waals surface area (Å²) in [5.74, 6) is -1.57. The zero-order valence-corrected chi connectivity index (χ0v) is 23.4. The largest absolute Gasteiger partial charge is 0.352 e. The van der Waals surface area contributed by atoms with Gasteiger partial charge < -0.3 is 36.7 Å². The van der Waals surface area contributed by atoms with Crippen LogP contribution in [0.5, 0.6) is 0 Å². The van der Waals surface area contributed by atoms with E-state index < -0.39 is 42.0 Å². The third-order valence-corrected chi connectivity index (χ3v) is 7.11. The van der Waals surface area contributed by atoms with E-state index in [9.17, 15) is 28.8 Å². The van der Waals surface area contributed by atoms with Gasteiger partial charge in [-0.2, -0.15) is 0 Å². The predicted molar refractivity (Wildman–Crippen MR) is 155 cm³/mol. The first kappa shape index (κ1) is 31.8. The molecule has 0 aliphatic carbocycles. The fourth-order valence-electron chi connectivity index (χ4n) is 4.95. The van der Waals surface area contributed by atoms with Gasteiger partial charge in [-0.15, -0.1) is 0 Å². The van der Waals surface area contributed by atoms with Crippen LogP contribution in [-0.2, 0) is 36.8 Å². The van der Waals surface area contributed by atoms with Crippen LogP contribution >= 0.6 is 0 Å². The molecule has 42 heavy (non-hydrogen) atoms. The molecule has 6 amide bonds. The lowest BCUT2D eigenvalue weighted by Gasteiger charge is -2.29. The van der Waals surface area contributed by atoms with Crippen LogP contribution < -0.4 is 27.0 Å². The van der Waals surface area contributed by atoms with Crippen LogP contribution in [0.1, 0.15) is 36.8 Å². The molecule has 12 heteroatoms. The number of carbonyl (C=O) groups is 6. The Morgan fingerprint density at radius 3 is 2.00 bits per heavy atom. The third-order valence-electron chi connectivity index (χ3n) is 7.11. The summed E-state index contributed by atoms with van der Waals surface area (Å²) in [6.07, 6.45) is 3.19. The molecule has 0 saturated carbocycles. The van der Waals surface area contributed by atoms with E-state index in [2.05, 4.69) is 21.3 Å². The first-order valence-corrected chi connectivity index (χ1v) is 14.0. The van der Waals surface area contributed by atoms with Crippen molar-refractivity contribution in [1.82, 2.24) is 26.2 Å². The second-order valence-corrected chi connectivity index (χ2v) is 10.1. The summed E-state index contributed by atoms with van der Waals surface area (Å²) in [6.45, 7) is 0.567.